The van der Waals surface area contributed by atoms with Crippen LogP contribution in [-0.4, -0.2) is 26.0 Å². The largest absolute Gasteiger partial charge is 1.00 e. The van der Waals surface area contributed by atoms with E-state index in [1.165, 1.54) is 0 Å². The second kappa shape index (κ2) is 6.99. The van der Waals surface area contributed by atoms with E-state index in [0.29, 0.717) is 5.56 Å². The van der Waals surface area contributed by atoms with Gasteiger partial charge in [-0.3, -0.25) is 4.79 Å². The Labute approximate surface area is 168 Å². The van der Waals surface area contributed by atoms with Crippen LogP contribution in [0.15, 0.2) is 47.9 Å². The number of halogens is 3. The van der Waals surface area contributed by atoms with Crippen molar-refractivity contribution in [3.8, 4) is 0 Å². The summed E-state index contributed by atoms with van der Waals surface area (Å²) in [4.78, 5) is 11.6. The molecule has 2 aromatic carbocycles. The average Bonchev–Trinajstić information content (AvgIpc) is 2.45. The standard InChI is InChI=1S/C15H11BF3O2.K/c17-16(18,19)15-13(8-21-9-14(15)20)12-6-5-10-3-1-2-4-11(10)7-12;/h1-7H,8-9H2;/q-1;+1. The zero-order valence-electron chi connectivity index (χ0n) is 12.0. The molecule has 1 aliphatic heterocycles. The van der Waals surface area contributed by atoms with Gasteiger partial charge in [-0.05, 0) is 28.0 Å². The number of benzene rings is 2. The van der Waals surface area contributed by atoms with Gasteiger partial charge in [0.1, 0.15) is 6.61 Å². The Morgan fingerprint density at radius 1 is 0.955 bits per heavy atom. The Morgan fingerprint density at radius 3 is 2.32 bits per heavy atom. The summed E-state index contributed by atoms with van der Waals surface area (Å²) in [5.74, 6) is -0.989. The van der Waals surface area contributed by atoms with E-state index in [9.17, 15) is 17.7 Å². The van der Waals surface area contributed by atoms with Gasteiger partial charge in [0.05, 0.1) is 6.61 Å². The molecule has 0 N–H and O–H groups in total. The van der Waals surface area contributed by atoms with Crippen molar-refractivity contribution in [3.05, 3.63) is 53.5 Å². The van der Waals surface area contributed by atoms with Gasteiger partial charge < -0.3 is 17.7 Å². The molecule has 0 bridgehead atoms. The molecular formula is C15H11BF3KO2. The summed E-state index contributed by atoms with van der Waals surface area (Å²) < 4.78 is 44.5. The SMILES string of the molecule is O=C1COCC(c2ccc3ccccc3c2)=C1[B-](F)(F)F.[K+]. The average molecular weight is 330 g/mol. The molecule has 2 nitrogen and oxygen atoms in total. The number of fused-ring (bicyclic) bond motifs is 1. The summed E-state index contributed by atoms with van der Waals surface area (Å²) in [5, 5.41) is 1.76. The van der Waals surface area contributed by atoms with E-state index >= 15 is 0 Å². The molecule has 0 aromatic heterocycles. The van der Waals surface area contributed by atoms with Crippen LogP contribution in [0, 0.1) is 0 Å². The molecule has 2 aromatic rings. The molecule has 108 valence electrons. The quantitative estimate of drug-likeness (QED) is 0.754. The van der Waals surface area contributed by atoms with Crippen LogP contribution in [0.5, 0.6) is 0 Å². The van der Waals surface area contributed by atoms with Crippen LogP contribution in [0.2, 0.25) is 0 Å². The summed E-state index contributed by atoms with van der Waals surface area (Å²) in [6.45, 7) is -6.05. The van der Waals surface area contributed by atoms with Gasteiger partial charge >= 0.3 is 58.4 Å². The number of carbonyl (C=O) groups excluding carboxylic acids is 1. The molecule has 0 fully saturated rings. The molecule has 0 radical (unpaired) electrons. The van der Waals surface area contributed by atoms with Gasteiger partial charge in [0.15, 0.2) is 5.78 Å². The van der Waals surface area contributed by atoms with Gasteiger partial charge in [-0.25, -0.2) is 0 Å². The zero-order valence-corrected chi connectivity index (χ0v) is 15.1. The molecule has 1 heterocycles. The van der Waals surface area contributed by atoms with Crippen molar-refractivity contribution in [2.24, 2.45) is 0 Å². The summed E-state index contributed by atoms with van der Waals surface area (Å²) >= 11 is 0. The van der Waals surface area contributed by atoms with Crippen molar-refractivity contribution in [1.29, 1.82) is 0 Å². The Hall–Kier alpha value is -0.439. The van der Waals surface area contributed by atoms with E-state index < -0.39 is 24.8 Å². The van der Waals surface area contributed by atoms with E-state index in [2.05, 4.69) is 0 Å². The predicted octanol–water partition coefficient (Wildman–Crippen LogP) is 0.583. The van der Waals surface area contributed by atoms with Gasteiger partial charge in [0.25, 0.3) is 0 Å². The molecular weight excluding hydrogens is 319 g/mol. The maximum Gasteiger partial charge on any atom is 1.00 e. The van der Waals surface area contributed by atoms with Crippen molar-refractivity contribution >= 4 is 29.1 Å². The fourth-order valence-electron chi connectivity index (χ4n) is 2.57. The molecule has 0 saturated carbocycles. The molecule has 0 amide bonds. The van der Waals surface area contributed by atoms with Crippen molar-refractivity contribution in [1.82, 2.24) is 0 Å². The van der Waals surface area contributed by atoms with E-state index in [4.69, 9.17) is 4.74 Å². The van der Waals surface area contributed by atoms with Crippen molar-refractivity contribution < 1.29 is 73.9 Å². The van der Waals surface area contributed by atoms with Gasteiger partial charge in [0.2, 0.25) is 0 Å². The van der Waals surface area contributed by atoms with Crippen molar-refractivity contribution in [2.45, 2.75) is 0 Å². The van der Waals surface area contributed by atoms with Crippen LogP contribution in [-0.2, 0) is 9.53 Å². The number of rotatable bonds is 2. The third-order valence-electron chi connectivity index (χ3n) is 3.53. The van der Waals surface area contributed by atoms with E-state index in [-0.39, 0.29) is 63.6 Å². The molecule has 0 unspecified atom stereocenters. The Kier molecular flexibility index (Phi) is 5.69. The molecule has 0 saturated heterocycles. The van der Waals surface area contributed by atoms with Gasteiger partial charge in [-0.2, -0.15) is 0 Å². The minimum Gasteiger partial charge on any atom is -0.445 e. The van der Waals surface area contributed by atoms with Gasteiger partial charge in [-0.15, -0.1) is 0 Å². The number of hydrogen-bond donors (Lipinski definition) is 0. The normalized spacial score (nSPS) is 15.9. The number of ketones is 1. The summed E-state index contributed by atoms with van der Waals surface area (Å²) in [6, 6.07) is 12.4. The van der Waals surface area contributed by atoms with Crippen LogP contribution in [0.3, 0.4) is 0 Å². The number of carbonyl (C=O) groups is 1. The summed E-state index contributed by atoms with van der Waals surface area (Å²) in [5.41, 5.74) is -0.711. The maximum atomic E-state index is 13.2. The Balaban J connectivity index is 0.00000176. The first kappa shape index (κ1) is 17.9. The Morgan fingerprint density at radius 2 is 1.64 bits per heavy atom. The minimum atomic E-state index is -5.35. The molecule has 0 aliphatic carbocycles. The van der Waals surface area contributed by atoms with E-state index in [1.807, 2.05) is 24.3 Å². The molecule has 3 rings (SSSR count). The molecule has 22 heavy (non-hydrogen) atoms. The fourth-order valence-corrected chi connectivity index (χ4v) is 2.57. The summed E-state index contributed by atoms with van der Waals surface area (Å²) in [7, 11) is 0. The first-order valence-electron chi connectivity index (χ1n) is 6.50. The number of hydrogen-bond acceptors (Lipinski definition) is 2. The number of Topliss-reactive ketones (excluding diaryl/α,β-unsaturated/α-hetero) is 1. The third kappa shape index (κ3) is 3.55. The van der Waals surface area contributed by atoms with Crippen LogP contribution >= 0.6 is 0 Å². The predicted molar refractivity (Wildman–Crippen MR) is 75.8 cm³/mol. The van der Waals surface area contributed by atoms with Crippen LogP contribution < -0.4 is 51.4 Å². The fraction of sp³-hybridized carbons (Fsp3) is 0.133. The molecule has 0 atom stereocenters. The Bertz CT molecular complexity index is 756. The van der Waals surface area contributed by atoms with Crippen LogP contribution in [0.4, 0.5) is 12.9 Å². The van der Waals surface area contributed by atoms with Gasteiger partial charge in [-0.1, -0.05) is 41.9 Å². The second-order valence-corrected chi connectivity index (χ2v) is 4.94. The topological polar surface area (TPSA) is 26.3 Å². The van der Waals surface area contributed by atoms with Crippen molar-refractivity contribution in [3.63, 3.8) is 0 Å². The molecule has 7 heteroatoms. The van der Waals surface area contributed by atoms with Gasteiger partial charge in [0, 0.05) is 0 Å². The minimum absolute atomic E-state index is 0. The zero-order chi connectivity index (χ0) is 15.0. The second-order valence-electron chi connectivity index (χ2n) is 4.94. The third-order valence-corrected chi connectivity index (χ3v) is 3.53. The summed E-state index contributed by atoms with van der Waals surface area (Å²) in [6.07, 6.45) is 0. The van der Waals surface area contributed by atoms with Crippen molar-refractivity contribution in [2.75, 3.05) is 13.2 Å². The first-order chi connectivity index (χ1) is 9.97. The smallest absolute Gasteiger partial charge is 0.445 e. The van der Waals surface area contributed by atoms with E-state index in [0.717, 1.165) is 10.8 Å². The number of ether oxygens (including phenoxy) is 1. The molecule has 0 spiro atoms. The van der Waals surface area contributed by atoms with Crippen LogP contribution in [0.25, 0.3) is 16.3 Å². The first-order valence-corrected chi connectivity index (χ1v) is 6.50. The van der Waals surface area contributed by atoms with E-state index in [1.54, 1.807) is 18.2 Å². The maximum absolute atomic E-state index is 13.2. The van der Waals surface area contributed by atoms with Crippen LogP contribution in [0.1, 0.15) is 5.56 Å². The molecule has 1 aliphatic rings. The monoisotopic (exact) mass is 330 g/mol.